The van der Waals surface area contributed by atoms with E-state index < -0.39 is 23.3 Å². The van der Waals surface area contributed by atoms with Crippen molar-refractivity contribution < 1.29 is 22.3 Å². The minimum absolute atomic E-state index is 0.0530. The third-order valence-corrected chi connectivity index (χ3v) is 8.90. The molecule has 5 rings (SSSR count). The standard InChI is InChI=1S/C32H35BF4O/c1-19-2-4-20(5-3-19)21-6-8-22(9-7-21)25-14-15-26(30(35)29(25)34)23-10-12-24(13-11-23)27-16-17-28(38-18-33)32(37)31(27)36/h10-17,19-22H,2-9,18,33H2,1H3. The maximum absolute atomic E-state index is 15.3. The molecule has 0 spiro atoms. The van der Waals surface area contributed by atoms with Gasteiger partial charge in [-0.25, -0.2) is 13.2 Å². The summed E-state index contributed by atoms with van der Waals surface area (Å²) in [6.07, 6.45) is 9.27. The zero-order chi connectivity index (χ0) is 26.8. The summed E-state index contributed by atoms with van der Waals surface area (Å²) in [4.78, 5) is 0. The van der Waals surface area contributed by atoms with E-state index in [1.54, 1.807) is 44.2 Å². The largest absolute Gasteiger partial charge is 0.500 e. The van der Waals surface area contributed by atoms with Crippen molar-refractivity contribution in [3.8, 4) is 28.0 Å². The lowest BCUT2D eigenvalue weighted by Crippen LogP contribution is -2.25. The Balaban J connectivity index is 1.29. The van der Waals surface area contributed by atoms with Crippen molar-refractivity contribution in [2.24, 2.45) is 17.8 Å². The second kappa shape index (κ2) is 11.5. The van der Waals surface area contributed by atoms with Crippen LogP contribution in [0.2, 0.25) is 0 Å². The molecule has 6 heteroatoms. The fraction of sp³-hybridized carbons (Fsp3) is 0.438. The van der Waals surface area contributed by atoms with Gasteiger partial charge < -0.3 is 4.74 Å². The van der Waals surface area contributed by atoms with Crippen molar-refractivity contribution in [3.63, 3.8) is 0 Å². The second-order valence-corrected chi connectivity index (χ2v) is 11.2. The monoisotopic (exact) mass is 522 g/mol. The lowest BCUT2D eigenvalue weighted by Gasteiger charge is -2.37. The van der Waals surface area contributed by atoms with Crippen LogP contribution in [0.4, 0.5) is 17.6 Å². The highest BCUT2D eigenvalue weighted by Gasteiger charge is 2.32. The predicted molar refractivity (Wildman–Crippen MR) is 147 cm³/mol. The molecule has 3 aromatic carbocycles. The van der Waals surface area contributed by atoms with Gasteiger partial charge in [-0.1, -0.05) is 56.2 Å². The van der Waals surface area contributed by atoms with Crippen LogP contribution in [0.25, 0.3) is 22.3 Å². The minimum atomic E-state index is -1.04. The van der Waals surface area contributed by atoms with E-state index in [4.69, 9.17) is 4.74 Å². The van der Waals surface area contributed by atoms with Crippen molar-refractivity contribution in [1.29, 1.82) is 0 Å². The van der Waals surface area contributed by atoms with Crippen LogP contribution in [0.15, 0.2) is 48.5 Å². The number of rotatable bonds is 6. The van der Waals surface area contributed by atoms with Gasteiger partial charge in [-0.15, -0.1) is 0 Å². The van der Waals surface area contributed by atoms with E-state index in [2.05, 4.69) is 6.92 Å². The molecule has 1 nitrogen and oxygen atoms in total. The van der Waals surface area contributed by atoms with E-state index in [1.165, 1.54) is 37.8 Å². The minimum Gasteiger partial charge on any atom is -0.500 e. The van der Waals surface area contributed by atoms with E-state index in [-0.39, 0.29) is 29.3 Å². The molecule has 0 aliphatic heterocycles. The number of hydrogen-bond acceptors (Lipinski definition) is 1. The molecule has 0 unspecified atom stereocenters. The first-order valence-corrected chi connectivity index (χ1v) is 14.1. The Bertz CT molecular complexity index is 1260. The predicted octanol–water partition coefficient (Wildman–Crippen LogP) is 8.65. The molecule has 200 valence electrons. The summed E-state index contributed by atoms with van der Waals surface area (Å²) < 4.78 is 64.6. The van der Waals surface area contributed by atoms with E-state index in [9.17, 15) is 8.78 Å². The van der Waals surface area contributed by atoms with E-state index in [1.807, 2.05) is 0 Å². The fourth-order valence-corrected chi connectivity index (χ4v) is 6.61. The topological polar surface area (TPSA) is 9.23 Å². The molecular weight excluding hydrogens is 487 g/mol. The van der Waals surface area contributed by atoms with Gasteiger partial charge in [-0.05, 0) is 91.0 Å². The third kappa shape index (κ3) is 5.37. The van der Waals surface area contributed by atoms with Gasteiger partial charge in [0.15, 0.2) is 31.0 Å². The SMILES string of the molecule is BCOc1ccc(-c2ccc(-c3ccc(C4CCC(C5CCC(C)CC5)CC4)c(F)c3F)cc2)c(F)c1F. The molecule has 2 saturated carbocycles. The van der Waals surface area contributed by atoms with Gasteiger partial charge in [0.2, 0.25) is 5.82 Å². The smallest absolute Gasteiger partial charge is 0.201 e. The molecule has 0 heterocycles. The van der Waals surface area contributed by atoms with Crippen molar-refractivity contribution in [3.05, 3.63) is 77.4 Å². The second-order valence-electron chi connectivity index (χ2n) is 11.2. The zero-order valence-corrected chi connectivity index (χ0v) is 22.2. The van der Waals surface area contributed by atoms with Gasteiger partial charge in [0.25, 0.3) is 0 Å². The molecule has 0 radical (unpaired) electrons. The maximum atomic E-state index is 15.3. The lowest BCUT2D eigenvalue weighted by molar-refractivity contribution is 0.164. The van der Waals surface area contributed by atoms with Crippen LogP contribution in [0.1, 0.15) is 69.8 Å². The van der Waals surface area contributed by atoms with Crippen LogP contribution in [0.3, 0.4) is 0 Å². The molecular formula is C32H35BF4O. The summed E-state index contributed by atoms with van der Waals surface area (Å²) in [6.45, 7) is 2.57. The van der Waals surface area contributed by atoms with Crippen LogP contribution >= 0.6 is 0 Å². The number of hydrogen-bond donors (Lipinski definition) is 0. The lowest BCUT2D eigenvalue weighted by atomic mass is 9.68. The van der Waals surface area contributed by atoms with Crippen molar-refractivity contribution >= 4 is 7.85 Å². The first-order valence-electron chi connectivity index (χ1n) is 14.1. The van der Waals surface area contributed by atoms with E-state index in [0.717, 1.165) is 43.4 Å². The molecule has 2 aliphatic carbocycles. The Hall–Kier alpha value is -2.76. The molecule has 38 heavy (non-hydrogen) atoms. The van der Waals surface area contributed by atoms with Gasteiger partial charge in [0.05, 0.1) is 6.51 Å². The van der Waals surface area contributed by atoms with Gasteiger partial charge >= 0.3 is 0 Å². The molecule has 0 aromatic heterocycles. The average molecular weight is 522 g/mol. The number of ether oxygens (including phenoxy) is 1. The van der Waals surface area contributed by atoms with Crippen LogP contribution < -0.4 is 4.74 Å². The van der Waals surface area contributed by atoms with Crippen LogP contribution in [-0.2, 0) is 0 Å². The molecule has 0 amide bonds. The molecule has 0 bridgehead atoms. The summed E-state index contributed by atoms with van der Waals surface area (Å²) in [5, 5.41) is 0. The highest BCUT2D eigenvalue weighted by Crippen LogP contribution is 2.45. The summed E-state index contributed by atoms with van der Waals surface area (Å²) in [5.74, 6) is -1.39. The Labute approximate surface area is 224 Å². The Morgan fingerprint density at radius 1 is 0.632 bits per heavy atom. The van der Waals surface area contributed by atoms with Gasteiger partial charge in [0.1, 0.15) is 0 Å². The summed E-state index contributed by atoms with van der Waals surface area (Å²) in [5.41, 5.74) is 1.65. The number of halogens is 4. The molecule has 3 aromatic rings. The molecule has 0 atom stereocenters. The fourth-order valence-electron chi connectivity index (χ4n) is 6.61. The summed E-state index contributed by atoms with van der Waals surface area (Å²) >= 11 is 0. The van der Waals surface area contributed by atoms with Crippen LogP contribution in [0.5, 0.6) is 5.75 Å². The normalized spacial score (nSPS) is 23.8. The highest BCUT2D eigenvalue weighted by atomic mass is 19.2. The van der Waals surface area contributed by atoms with Crippen molar-refractivity contribution in [2.45, 2.75) is 64.2 Å². The third-order valence-electron chi connectivity index (χ3n) is 8.90. The first kappa shape index (κ1) is 26.8. The number of benzene rings is 3. The van der Waals surface area contributed by atoms with Gasteiger partial charge in [0, 0.05) is 11.1 Å². The van der Waals surface area contributed by atoms with Gasteiger partial charge in [-0.2, -0.15) is 4.39 Å². The highest BCUT2D eigenvalue weighted by molar-refractivity contribution is 6.08. The molecule has 2 fully saturated rings. The van der Waals surface area contributed by atoms with E-state index in [0.29, 0.717) is 16.7 Å². The van der Waals surface area contributed by atoms with E-state index >= 15 is 8.78 Å². The van der Waals surface area contributed by atoms with Gasteiger partial charge in [-0.3, -0.25) is 0 Å². The van der Waals surface area contributed by atoms with Crippen LogP contribution in [0, 0.1) is 41.0 Å². The van der Waals surface area contributed by atoms with Crippen molar-refractivity contribution in [1.82, 2.24) is 0 Å². The van der Waals surface area contributed by atoms with Crippen LogP contribution in [-0.4, -0.2) is 14.4 Å². The Morgan fingerprint density at radius 2 is 1.13 bits per heavy atom. The average Bonchev–Trinajstić information content (AvgIpc) is 2.94. The molecule has 0 saturated heterocycles. The molecule has 2 aliphatic rings. The zero-order valence-electron chi connectivity index (χ0n) is 22.2. The molecule has 0 N–H and O–H groups in total. The Kier molecular flexibility index (Phi) is 8.16. The maximum Gasteiger partial charge on any atom is 0.201 e. The van der Waals surface area contributed by atoms with Crippen molar-refractivity contribution in [2.75, 3.05) is 6.51 Å². The first-order chi connectivity index (χ1) is 18.4. The quantitative estimate of drug-likeness (QED) is 0.233. The summed E-state index contributed by atoms with van der Waals surface area (Å²) in [7, 11) is 1.70. The Morgan fingerprint density at radius 3 is 1.68 bits per heavy atom. The summed E-state index contributed by atoms with van der Waals surface area (Å²) in [6, 6.07) is 12.6.